The molecule has 1 aromatic carbocycles. The topological polar surface area (TPSA) is 75.3 Å². The van der Waals surface area contributed by atoms with Crippen LogP contribution in [0.2, 0.25) is 5.02 Å². The van der Waals surface area contributed by atoms with Crippen LogP contribution in [0.4, 0.5) is 0 Å². The van der Waals surface area contributed by atoms with Gasteiger partial charge in [0.15, 0.2) is 6.10 Å². The molecule has 108 valence electrons. The summed E-state index contributed by atoms with van der Waals surface area (Å²) in [6.07, 6.45) is 0.822. The van der Waals surface area contributed by atoms with Gasteiger partial charge in [0, 0.05) is 0 Å². The van der Waals surface area contributed by atoms with Crippen molar-refractivity contribution in [1.82, 2.24) is 5.32 Å². The molecular weight excluding hydrogens is 292 g/mol. The minimum Gasteiger partial charge on any atom is -0.479 e. The summed E-state index contributed by atoms with van der Waals surface area (Å²) in [7, 11) is 0. The van der Waals surface area contributed by atoms with Gasteiger partial charge in [-0.25, -0.2) is 0 Å². The molecule has 0 unspecified atom stereocenters. The van der Waals surface area contributed by atoms with E-state index < -0.39 is 6.10 Å². The first-order valence-corrected chi connectivity index (χ1v) is 6.64. The van der Waals surface area contributed by atoms with E-state index in [1.165, 1.54) is 12.3 Å². The highest BCUT2D eigenvalue weighted by atomic mass is 35.5. The van der Waals surface area contributed by atoms with Crippen LogP contribution in [0.1, 0.15) is 18.2 Å². The Labute approximate surface area is 127 Å². The van der Waals surface area contributed by atoms with Gasteiger partial charge in [-0.2, -0.15) is 5.26 Å². The molecule has 1 atom stereocenters. The standard InChI is InChI=1S/C15H13ClN2O3/c1-10(15(19)18-9-12-3-2-6-20-12)21-14-5-4-11(8-17)7-13(14)16/h2-7,10H,9H2,1H3,(H,18,19)/t10-/m0/s1. The summed E-state index contributed by atoms with van der Waals surface area (Å²) < 4.78 is 10.6. The number of benzene rings is 1. The number of rotatable bonds is 5. The summed E-state index contributed by atoms with van der Waals surface area (Å²) in [5.41, 5.74) is 0.433. The summed E-state index contributed by atoms with van der Waals surface area (Å²) in [4.78, 5) is 11.9. The fourth-order valence-corrected chi connectivity index (χ4v) is 1.87. The number of carbonyl (C=O) groups is 1. The van der Waals surface area contributed by atoms with Gasteiger partial charge in [0.1, 0.15) is 11.5 Å². The van der Waals surface area contributed by atoms with Crippen LogP contribution in [0.3, 0.4) is 0 Å². The molecule has 1 heterocycles. The van der Waals surface area contributed by atoms with Gasteiger partial charge in [-0.15, -0.1) is 0 Å². The normalized spacial score (nSPS) is 11.5. The third-order valence-electron chi connectivity index (χ3n) is 2.75. The van der Waals surface area contributed by atoms with Gasteiger partial charge >= 0.3 is 0 Å². The lowest BCUT2D eigenvalue weighted by molar-refractivity contribution is -0.127. The first kappa shape index (κ1) is 14.9. The number of nitriles is 1. The van der Waals surface area contributed by atoms with Crippen molar-refractivity contribution in [3.8, 4) is 11.8 Å². The van der Waals surface area contributed by atoms with Gasteiger partial charge in [-0.1, -0.05) is 11.6 Å². The molecule has 21 heavy (non-hydrogen) atoms. The average molecular weight is 305 g/mol. The molecule has 0 aliphatic heterocycles. The second-order valence-electron chi connectivity index (χ2n) is 4.31. The van der Waals surface area contributed by atoms with Crippen molar-refractivity contribution in [2.24, 2.45) is 0 Å². The van der Waals surface area contributed by atoms with E-state index in [1.807, 2.05) is 6.07 Å². The first-order valence-electron chi connectivity index (χ1n) is 6.26. The van der Waals surface area contributed by atoms with Gasteiger partial charge in [-0.3, -0.25) is 4.79 Å². The molecule has 0 aliphatic carbocycles. The van der Waals surface area contributed by atoms with Crippen molar-refractivity contribution in [2.45, 2.75) is 19.6 Å². The van der Waals surface area contributed by atoms with E-state index in [1.54, 1.807) is 31.2 Å². The van der Waals surface area contributed by atoms with Crippen LogP contribution in [0, 0.1) is 11.3 Å². The first-order chi connectivity index (χ1) is 10.1. The van der Waals surface area contributed by atoms with Crippen LogP contribution in [0.25, 0.3) is 0 Å². The maximum atomic E-state index is 11.9. The number of ether oxygens (including phenoxy) is 1. The number of nitrogens with one attached hydrogen (secondary N) is 1. The van der Waals surface area contributed by atoms with E-state index in [2.05, 4.69) is 5.32 Å². The molecule has 2 aromatic rings. The molecular formula is C15H13ClN2O3. The second-order valence-corrected chi connectivity index (χ2v) is 4.72. The van der Waals surface area contributed by atoms with Gasteiger partial charge < -0.3 is 14.5 Å². The quantitative estimate of drug-likeness (QED) is 0.921. The number of furan rings is 1. The maximum absolute atomic E-state index is 11.9. The fourth-order valence-electron chi connectivity index (χ4n) is 1.64. The monoisotopic (exact) mass is 304 g/mol. The number of hydrogen-bond acceptors (Lipinski definition) is 4. The molecule has 1 amide bonds. The third kappa shape index (κ3) is 4.01. The van der Waals surface area contributed by atoms with Crippen molar-refractivity contribution < 1.29 is 13.9 Å². The van der Waals surface area contributed by atoms with Crippen LogP contribution in [-0.2, 0) is 11.3 Å². The van der Waals surface area contributed by atoms with E-state index in [-0.39, 0.29) is 5.91 Å². The Morgan fingerprint density at radius 3 is 2.95 bits per heavy atom. The van der Waals surface area contributed by atoms with E-state index in [9.17, 15) is 4.79 Å². The highest BCUT2D eigenvalue weighted by molar-refractivity contribution is 6.32. The SMILES string of the molecule is C[C@H](Oc1ccc(C#N)cc1Cl)C(=O)NCc1ccco1. The van der Waals surface area contributed by atoms with E-state index in [0.717, 1.165) is 0 Å². The summed E-state index contributed by atoms with van der Waals surface area (Å²) in [5, 5.41) is 11.7. The van der Waals surface area contributed by atoms with Crippen LogP contribution >= 0.6 is 11.6 Å². The van der Waals surface area contributed by atoms with Gasteiger partial charge in [0.2, 0.25) is 0 Å². The lowest BCUT2D eigenvalue weighted by Gasteiger charge is -2.15. The number of carbonyl (C=O) groups excluding carboxylic acids is 1. The highest BCUT2D eigenvalue weighted by Gasteiger charge is 2.16. The Hall–Kier alpha value is -2.45. The molecule has 0 radical (unpaired) electrons. The van der Waals surface area contributed by atoms with E-state index in [4.69, 9.17) is 26.0 Å². The van der Waals surface area contributed by atoms with Crippen LogP contribution in [0.5, 0.6) is 5.75 Å². The molecule has 6 heteroatoms. The molecule has 0 bridgehead atoms. The summed E-state index contributed by atoms with van der Waals surface area (Å²) in [5.74, 6) is 0.732. The van der Waals surface area contributed by atoms with Crippen molar-refractivity contribution in [2.75, 3.05) is 0 Å². The molecule has 0 spiro atoms. The van der Waals surface area contributed by atoms with Gasteiger partial charge in [0.05, 0.1) is 29.5 Å². The van der Waals surface area contributed by atoms with E-state index >= 15 is 0 Å². The largest absolute Gasteiger partial charge is 0.479 e. The zero-order valence-electron chi connectivity index (χ0n) is 11.3. The Morgan fingerprint density at radius 1 is 1.52 bits per heavy atom. The maximum Gasteiger partial charge on any atom is 0.261 e. The zero-order chi connectivity index (χ0) is 15.2. The van der Waals surface area contributed by atoms with Crippen LogP contribution in [0.15, 0.2) is 41.0 Å². The molecule has 0 saturated heterocycles. The van der Waals surface area contributed by atoms with E-state index in [0.29, 0.717) is 28.6 Å². The Kier molecular flexibility index (Phi) is 4.85. The second kappa shape index (κ2) is 6.82. The predicted octanol–water partition coefficient (Wildman–Crippen LogP) is 2.89. The Morgan fingerprint density at radius 2 is 2.33 bits per heavy atom. The Bertz CT molecular complexity index is 662. The molecule has 2 rings (SSSR count). The molecule has 1 N–H and O–H groups in total. The van der Waals surface area contributed by atoms with Crippen molar-refractivity contribution >= 4 is 17.5 Å². The lowest BCUT2D eigenvalue weighted by Crippen LogP contribution is -2.35. The number of hydrogen-bond donors (Lipinski definition) is 1. The van der Waals surface area contributed by atoms with Gasteiger partial charge in [0.25, 0.3) is 5.91 Å². The number of halogens is 1. The van der Waals surface area contributed by atoms with Gasteiger partial charge in [-0.05, 0) is 37.3 Å². The third-order valence-corrected chi connectivity index (χ3v) is 3.05. The van der Waals surface area contributed by atoms with Crippen LogP contribution in [-0.4, -0.2) is 12.0 Å². The summed E-state index contributed by atoms with van der Waals surface area (Å²) in [6, 6.07) is 10.1. The fraction of sp³-hybridized carbons (Fsp3) is 0.200. The summed E-state index contributed by atoms with van der Waals surface area (Å²) >= 11 is 5.99. The van der Waals surface area contributed by atoms with Crippen LogP contribution < -0.4 is 10.1 Å². The zero-order valence-corrected chi connectivity index (χ0v) is 12.1. The minimum atomic E-state index is -0.717. The summed E-state index contributed by atoms with van der Waals surface area (Å²) in [6.45, 7) is 1.91. The molecule has 1 aromatic heterocycles. The average Bonchev–Trinajstić information content (AvgIpc) is 3.00. The lowest BCUT2D eigenvalue weighted by atomic mass is 10.2. The smallest absolute Gasteiger partial charge is 0.261 e. The number of amides is 1. The Balaban J connectivity index is 1.93. The van der Waals surface area contributed by atoms with Crippen molar-refractivity contribution in [3.63, 3.8) is 0 Å². The van der Waals surface area contributed by atoms with Crippen molar-refractivity contribution in [1.29, 1.82) is 5.26 Å². The molecule has 0 saturated carbocycles. The predicted molar refractivity (Wildman–Crippen MR) is 76.8 cm³/mol. The minimum absolute atomic E-state index is 0.285. The molecule has 5 nitrogen and oxygen atoms in total. The highest BCUT2D eigenvalue weighted by Crippen LogP contribution is 2.26. The van der Waals surface area contributed by atoms with Crippen molar-refractivity contribution in [3.05, 3.63) is 52.9 Å². The molecule has 0 fully saturated rings. The number of nitrogens with zero attached hydrogens (tertiary/aromatic N) is 1. The molecule has 0 aliphatic rings.